The quantitative estimate of drug-likeness (QED) is 0.175. The second-order valence-corrected chi connectivity index (χ2v) is 15.8. The molecule has 0 amide bonds. The second kappa shape index (κ2) is 11.7. The lowest BCUT2D eigenvalue weighted by Crippen LogP contribution is -2.15. The van der Waals surface area contributed by atoms with E-state index in [9.17, 15) is 0 Å². The maximum atomic E-state index is 2.47. The summed E-state index contributed by atoms with van der Waals surface area (Å²) >= 11 is 0. The van der Waals surface area contributed by atoms with E-state index >= 15 is 0 Å². The first-order valence-corrected chi connectivity index (χ1v) is 18.8. The Bertz CT molecular complexity index is 2710. The molecule has 254 valence electrons. The second-order valence-electron chi connectivity index (χ2n) is 15.8. The molecule has 0 saturated carbocycles. The van der Waals surface area contributed by atoms with Crippen molar-refractivity contribution in [1.82, 2.24) is 0 Å². The Hall–Kier alpha value is -6.18. The minimum atomic E-state index is -0.0730. The highest BCUT2D eigenvalue weighted by Gasteiger charge is 2.37. The van der Waals surface area contributed by atoms with Crippen molar-refractivity contribution in [2.24, 2.45) is 0 Å². The predicted molar refractivity (Wildman–Crippen MR) is 225 cm³/mol. The zero-order valence-corrected chi connectivity index (χ0v) is 30.7. The van der Waals surface area contributed by atoms with Crippen LogP contribution in [0.4, 0.5) is 17.1 Å². The Balaban J connectivity index is 1.19. The smallest absolute Gasteiger partial charge is 0.0546 e. The molecular formula is C52H41N. The van der Waals surface area contributed by atoms with Gasteiger partial charge in [-0.15, -0.1) is 0 Å². The highest BCUT2D eigenvalue weighted by Crippen LogP contribution is 2.53. The van der Waals surface area contributed by atoms with Crippen LogP contribution in [0.1, 0.15) is 49.9 Å². The number of hydrogen-bond donors (Lipinski definition) is 0. The summed E-state index contributed by atoms with van der Waals surface area (Å²) in [6.45, 7) is 9.43. The highest BCUT2D eigenvalue weighted by molar-refractivity contribution is 6.08. The Kier molecular flexibility index (Phi) is 6.94. The van der Waals surface area contributed by atoms with Crippen LogP contribution >= 0.6 is 0 Å². The number of rotatable bonds is 5. The van der Waals surface area contributed by atoms with Crippen molar-refractivity contribution in [3.8, 4) is 44.5 Å². The van der Waals surface area contributed by atoms with Crippen molar-refractivity contribution in [1.29, 1.82) is 0 Å². The lowest BCUT2D eigenvalue weighted by Gasteiger charge is -2.29. The van der Waals surface area contributed by atoms with E-state index < -0.39 is 0 Å². The van der Waals surface area contributed by atoms with Gasteiger partial charge in [0.2, 0.25) is 0 Å². The van der Waals surface area contributed by atoms with Crippen LogP contribution in [0, 0.1) is 0 Å². The van der Waals surface area contributed by atoms with E-state index in [0.29, 0.717) is 0 Å². The molecule has 0 aromatic heterocycles. The first-order chi connectivity index (χ1) is 25.8. The first kappa shape index (κ1) is 31.5. The van der Waals surface area contributed by atoms with Gasteiger partial charge in [-0.05, 0) is 109 Å². The fourth-order valence-electron chi connectivity index (χ4n) is 9.33. The Morgan fingerprint density at radius 3 is 1.60 bits per heavy atom. The third kappa shape index (κ3) is 4.77. The molecule has 2 aliphatic carbocycles. The van der Waals surface area contributed by atoms with Gasteiger partial charge < -0.3 is 4.90 Å². The summed E-state index contributed by atoms with van der Waals surface area (Å²) in [5.41, 5.74) is 19.1. The fourth-order valence-corrected chi connectivity index (χ4v) is 9.33. The van der Waals surface area contributed by atoms with E-state index in [4.69, 9.17) is 0 Å². The molecule has 0 spiro atoms. The predicted octanol–water partition coefficient (Wildman–Crippen LogP) is 14.3. The van der Waals surface area contributed by atoms with Crippen LogP contribution in [0.2, 0.25) is 0 Å². The van der Waals surface area contributed by atoms with E-state index in [1.165, 1.54) is 83.2 Å². The average molecular weight is 680 g/mol. The van der Waals surface area contributed by atoms with E-state index in [-0.39, 0.29) is 10.8 Å². The number of anilines is 3. The lowest BCUT2D eigenvalue weighted by molar-refractivity contribution is 0.660. The normalized spacial score (nSPS) is 14.3. The molecule has 53 heavy (non-hydrogen) atoms. The van der Waals surface area contributed by atoms with E-state index in [1.807, 2.05) is 0 Å². The molecule has 0 aliphatic heterocycles. The molecule has 0 radical (unpaired) electrons. The van der Waals surface area contributed by atoms with E-state index in [1.54, 1.807) is 0 Å². The van der Waals surface area contributed by atoms with Gasteiger partial charge in [0.15, 0.2) is 0 Å². The monoisotopic (exact) mass is 679 g/mol. The SMILES string of the molecule is CC1(C)c2ccccc2-c2cc(N(c3ccc(-c4ccccc4)cc3)c3cccc4cccc(-c5ccc6c(c5)C(C)(C)c5ccccc5-6)c34)ccc21. The van der Waals surface area contributed by atoms with Gasteiger partial charge >= 0.3 is 0 Å². The standard InChI is InChI=1S/C52H41N/c1-51(2)46-22-11-9-19-42(46)44-33-39(29-31-47(44)51)53(38-27-24-35(25-28-38)34-14-6-5-7-15-34)49-23-13-17-36-16-12-20-40(50(36)49)37-26-30-43-41-18-8-10-21-45(41)52(3,4)48(43)32-37/h5-33H,1-4H3. The fraction of sp³-hybridized carbons (Fsp3) is 0.115. The summed E-state index contributed by atoms with van der Waals surface area (Å²) in [4.78, 5) is 2.47. The van der Waals surface area contributed by atoms with Crippen molar-refractivity contribution in [2.75, 3.05) is 4.90 Å². The van der Waals surface area contributed by atoms with Crippen LogP contribution in [0.25, 0.3) is 55.3 Å². The summed E-state index contributed by atoms with van der Waals surface area (Å²) in [6.07, 6.45) is 0. The molecule has 0 atom stereocenters. The molecule has 0 bridgehead atoms. The molecular weight excluding hydrogens is 639 g/mol. The molecule has 0 fully saturated rings. The highest BCUT2D eigenvalue weighted by atomic mass is 15.1. The number of nitrogens with zero attached hydrogens (tertiary/aromatic N) is 1. The summed E-state index contributed by atoms with van der Waals surface area (Å²) in [5, 5.41) is 2.47. The van der Waals surface area contributed by atoms with Gasteiger partial charge in [-0.3, -0.25) is 0 Å². The summed E-state index contributed by atoms with van der Waals surface area (Å²) in [5.74, 6) is 0. The maximum Gasteiger partial charge on any atom is 0.0546 e. The van der Waals surface area contributed by atoms with Crippen molar-refractivity contribution >= 4 is 27.8 Å². The van der Waals surface area contributed by atoms with Gasteiger partial charge in [0.05, 0.1) is 5.69 Å². The Labute approximate surface area is 312 Å². The number of benzene rings is 8. The summed E-state index contributed by atoms with van der Waals surface area (Å²) in [6, 6.07) is 65.3. The van der Waals surface area contributed by atoms with Gasteiger partial charge in [0.25, 0.3) is 0 Å². The van der Waals surface area contributed by atoms with E-state index in [0.717, 1.165) is 11.4 Å². The molecule has 8 aromatic rings. The van der Waals surface area contributed by atoms with Crippen molar-refractivity contribution in [3.05, 3.63) is 198 Å². The minimum absolute atomic E-state index is 0.0553. The largest absolute Gasteiger partial charge is 0.310 e. The van der Waals surface area contributed by atoms with Crippen LogP contribution in [0.5, 0.6) is 0 Å². The van der Waals surface area contributed by atoms with Crippen LogP contribution in [-0.2, 0) is 10.8 Å². The van der Waals surface area contributed by atoms with Crippen molar-refractivity contribution in [3.63, 3.8) is 0 Å². The lowest BCUT2D eigenvalue weighted by atomic mass is 9.81. The van der Waals surface area contributed by atoms with Crippen molar-refractivity contribution < 1.29 is 0 Å². The molecule has 1 nitrogen and oxygen atoms in total. The van der Waals surface area contributed by atoms with Gasteiger partial charge in [0.1, 0.15) is 0 Å². The molecule has 0 unspecified atom stereocenters. The summed E-state index contributed by atoms with van der Waals surface area (Å²) < 4.78 is 0. The number of fused-ring (bicyclic) bond motifs is 7. The third-order valence-electron chi connectivity index (χ3n) is 12.1. The van der Waals surface area contributed by atoms with E-state index in [2.05, 4.69) is 209 Å². The third-order valence-corrected chi connectivity index (χ3v) is 12.1. The van der Waals surface area contributed by atoms with Gasteiger partial charge in [0, 0.05) is 27.6 Å². The zero-order chi connectivity index (χ0) is 35.9. The molecule has 8 aromatic carbocycles. The summed E-state index contributed by atoms with van der Waals surface area (Å²) in [7, 11) is 0. The number of hydrogen-bond acceptors (Lipinski definition) is 1. The van der Waals surface area contributed by atoms with Crippen LogP contribution < -0.4 is 4.90 Å². The van der Waals surface area contributed by atoms with Crippen molar-refractivity contribution in [2.45, 2.75) is 38.5 Å². The Morgan fingerprint density at radius 2 is 0.868 bits per heavy atom. The molecule has 0 heterocycles. The molecule has 0 saturated heterocycles. The van der Waals surface area contributed by atoms with Gasteiger partial charge in [-0.1, -0.05) is 167 Å². The topological polar surface area (TPSA) is 3.24 Å². The first-order valence-electron chi connectivity index (χ1n) is 18.8. The average Bonchev–Trinajstić information content (AvgIpc) is 3.57. The maximum absolute atomic E-state index is 2.47. The zero-order valence-electron chi connectivity index (χ0n) is 30.7. The molecule has 2 aliphatic rings. The van der Waals surface area contributed by atoms with Gasteiger partial charge in [-0.25, -0.2) is 0 Å². The Morgan fingerprint density at radius 1 is 0.340 bits per heavy atom. The van der Waals surface area contributed by atoms with Crippen LogP contribution in [-0.4, -0.2) is 0 Å². The van der Waals surface area contributed by atoms with Crippen LogP contribution in [0.15, 0.2) is 176 Å². The minimum Gasteiger partial charge on any atom is -0.310 e. The van der Waals surface area contributed by atoms with Crippen LogP contribution in [0.3, 0.4) is 0 Å². The molecule has 0 N–H and O–H groups in total. The molecule has 10 rings (SSSR count). The van der Waals surface area contributed by atoms with Gasteiger partial charge in [-0.2, -0.15) is 0 Å². The molecule has 1 heteroatoms.